The van der Waals surface area contributed by atoms with Crippen molar-refractivity contribution in [1.29, 1.82) is 0 Å². The predicted octanol–water partition coefficient (Wildman–Crippen LogP) is 3.27. The van der Waals surface area contributed by atoms with E-state index in [0.29, 0.717) is 13.1 Å². The zero-order chi connectivity index (χ0) is 13.9. The molecule has 1 amide bonds. The van der Waals surface area contributed by atoms with E-state index in [4.69, 9.17) is 0 Å². The van der Waals surface area contributed by atoms with Crippen LogP contribution < -0.4 is 5.32 Å². The molecule has 1 N–H and O–H groups in total. The third kappa shape index (κ3) is 2.39. The highest BCUT2D eigenvalue weighted by Crippen LogP contribution is 2.24. The second-order valence-electron chi connectivity index (χ2n) is 5.04. The molecule has 1 heterocycles. The number of amides is 1. The van der Waals surface area contributed by atoms with Crippen LogP contribution in [0.3, 0.4) is 0 Å². The predicted molar refractivity (Wildman–Crippen MR) is 80.6 cm³/mol. The van der Waals surface area contributed by atoms with E-state index in [1.807, 2.05) is 41.3 Å². The molecule has 0 atom stereocenters. The van der Waals surface area contributed by atoms with E-state index >= 15 is 0 Å². The van der Waals surface area contributed by atoms with Crippen LogP contribution in [0.25, 0.3) is 0 Å². The lowest BCUT2D eigenvalue weighted by Crippen LogP contribution is -2.25. The number of rotatable bonds is 3. The first-order valence-corrected chi connectivity index (χ1v) is 6.98. The first-order valence-electron chi connectivity index (χ1n) is 6.98. The van der Waals surface area contributed by atoms with E-state index in [2.05, 4.69) is 24.4 Å². The second kappa shape index (κ2) is 5.37. The van der Waals surface area contributed by atoms with Crippen LogP contribution >= 0.6 is 0 Å². The van der Waals surface area contributed by atoms with E-state index in [1.54, 1.807) is 0 Å². The lowest BCUT2D eigenvalue weighted by molar-refractivity contribution is 0.0751. The molecule has 3 rings (SSSR count). The van der Waals surface area contributed by atoms with Crippen molar-refractivity contribution in [2.24, 2.45) is 0 Å². The van der Waals surface area contributed by atoms with Crippen LogP contribution in [0.5, 0.6) is 0 Å². The standard InChI is InChI=1S/C17H18N2O/c1-2-18-16-9-7-13(8-10-16)17(20)19-11-14-5-3-4-6-15(14)12-19/h3-10,18H,2,11-12H2,1H3. The first kappa shape index (κ1) is 12.7. The van der Waals surface area contributed by atoms with Crippen molar-refractivity contribution < 1.29 is 4.79 Å². The maximum absolute atomic E-state index is 12.5. The summed E-state index contributed by atoms with van der Waals surface area (Å²) >= 11 is 0. The molecule has 0 bridgehead atoms. The smallest absolute Gasteiger partial charge is 0.254 e. The van der Waals surface area contributed by atoms with Gasteiger partial charge < -0.3 is 10.2 Å². The van der Waals surface area contributed by atoms with Crippen molar-refractivity contribution in [2.75, 3.05) is 11.9 Å². The summed E-state index contributed by atoms with van der Waals surface area (Å²) in [5, 5.41) is 3.23. The largest absolute Gasteiger partial charge is 0.385 e. The Hall–Kier alpha value is -2.29. The minimum Gasteiger partial charge on any atom is -0.385 e. The normalized spacial score (nSPS) is 13.2. The zero-order valence-electron chi connectivity index (χ0n) is 11.6. The third-order valence-electron chi connectivity index (χ3n) is 3.64. The van der Waals surface area contributed by atoms with E-state index < -0.39 is 0 Å². The Balaban J connectivity index is 1.74. The fourth-order valence-corrected chi connectivity index (χ4v) is 2.59. The van der Waals surface area contributed by atoms with Crippen LogP contribution in [0.15, 0.2) is 48.5 Å². The molecule has 0 saturated carbocycles. The fourth-order valence-electron chi connectivity index (χ4n) is 2.59. The number of benzene rings is 2. The third-order valence-corrected chi connectivity index (χ3v) is 3.64. The summed E-state index contributed by atoms with van der Waals surface area (Å²) in [6.07, 6.45) is 0. The highest BCUT2D eigenvalue weighted by molar-refractivity contribution is 5.94. The van der Waals surface area contributed by atoms with Crippen LogP contribution in [0.1, 0.15) is 28.4 Å². The van der Waals surface area contributed by atoms with Gasteiger partial charge in [0.2, 0.25) is 0 Å². The zero-order valence-corrected chi connectivity index (χ0v) is 11.6. The summed E-state index contributed by atoms with van der Waals surface area (Å²) in [6.45, 7) is 4.36. The molecule has 0 radical (unpaired) electrons. The minimum absolute atomic E-state index is 0.101. The molecule has 2 aromatic rings. The summed E-state index contributed by atoms with van der Waals surface area (Å²) in [7, 11) is 0. The molecule has 3 nitrogen and oxygen atoms in total. The van der Waals surface area contributed by atoms with Crippen molar-refractivity contribution in [3.05, 3.63) is 65.2 Å². The number of anilines is 1. The summed E-state index contributed by atoms with van der Waals surface area (Å²) in [5.41, 5.74) is 4.31. The Labute approximate surface area is 119 Å². The average Bonchev–Trinajstić information content (AvgIpc) is 2.91. The Morgan fingerprint density at radius 1 is 1.05 bits per heavy atom. The van der Waals surface area contributed by atoms with E-state index in [1.165, 1.54) is 11.1 Å². The van der Waals surface area contributed by atoms with Gasteiger partial charge in [-0.1, -0.05) is 24.3 Å². The summed E-state index contributed by atoms with van der Waals surface area (Å²) in [5.74, 6) is 0.101. The molecular weight excluding hydrogens is 248 g/mol. The van der Waals surface area contributed by atoms with Crippen molar-refractivity contribution in [3.8, 4) is 0 Å². The molecule has 2 aromatic carbocycles. The molecule has 0 spiro atoms. The van der Waals surface area contributed by atoms with Crippen molar-refractivity contribution in [3.63, 3.8) is 0 Å². The van der Waals surface area contributed by atoms with E-state index in [0.717, 1.165) is 17.8 Å². The van der Waals surface area contributed by atoms with Crippen molar-refractivity contribution in [1.82, 2.24) is 4.90 Å². The van der Waals surface area contributed by atoms with Gasteiger partial charge >= 0.3 is 0 Å². The summed E-state index contributed by atoms with van der Waals surface area (Å²) in [4.78, 5) is 14.4. The molecule has 0 aliphatic carbocycles. The molecule has 102 valence electrons. The Morgan fingerprint density at radius 3 is 2.20 bits per heavy atom. The highest BCUT2D eigenvalue weighted by atomic mass is 16.2. The number of hydrogen-bond donors (Lipinski definition) is 1. The van der Waals surface area contributed by atoms with E-state index in [9.17, 15) is 4.79 Å². The topological polar surface area (TPSA) is 32.3 Å². The lowest BCUT2D eigenvalue weighted by Gasteiger charge is -2.15. The molecule has 3 heteroatoms. The highest BCUT2D eigenvalue weighted by Gasteiger charge is 2.23. The van der Waals surface area contributed by atoms with Gasteiger partial charge in [-0.2, -0.15) is 0 Å². The van der Waals surface area contributed by atoms with Gasteiger partial charge in [0.25, 0.3) is 5.91 Å². The average molecular weight is 266 g/mol. The SMILES string of the molecule is CCNc1ccc(C(=O)N2Cc3ccccc3C2)cc1. The van der Waals surface area contributed by atoms with Gasteiger partial charge in [0.05, 0.1) is 0 Å². The number of nitrogens with zero attached hydrogens (tertiary/aromatic N) is 1. The Morgan fingerprint density at radius 2 is 1.65 bits per heavy atom. The maximum Gasteiger partial charge on any atom is 0.254 e. The molecule has 0 saturated heterocycles. The lowest BCUT2D eigenvalue weighted by atomic mass is 10.1. The number of carbonyl (C=O) groups excluding carboxylic acids is 1. The maximum atomic E-state index is 12.5. The van der Waals surface area contributed by atoms with Crippen LogP contribution in [-0.4, -0.2) is 17.4 Å². The number of nitrogens with one attached hydrogen (secondary N) is 1. The van der Waals surface area contributed by atoms with Gasteiger partial charge in [-0.3, -0.25) is 4.79 Å². The van der Waals surface area contributed by atoms with Gasteiger partial charge in [-0.25, -0.2) is 0 Å². The number of hydrogen-bond acceptors (Lipinski definition) is 2. The molecule has 1 aliphatic heterocycles. The Kier molecular flexibility index (Phi) is 3.42. The van der Waals surface area contributed by atoms with Gasteiger partial charge in [-0.05, 0) is 42.3 Å². The molecular formula is C17H18N2O. The monoisotopic (exact) mass is 266 g/mol. The van der Waals surface area contributed by atoms with Gasteiger partial charge in [0, 0.05) is 30.9 Å². The van der Waals surface area contributed by atoms with Crippen molar-refractivity contribution >= 4 is 11.6 Å². The molecule has 20 heavy (non-hydrogen) atoms. The van der Waals surface area contributed by atoms with Crippen molar-refractivity contribution in [2.45, 2.75) is 20.0 Å². The fraction of sp³-hybridized carbons (Fsp3) is 0.235. The molecule has 0 aromatic heterocycles. The van der Waals surface area contributed by atoms with Gasteiger partial charge in [-0.15, -0.1) is 0 Å². The van der Waals surface area contributed by atoms with Crippen LogP contribution in [-0.2, 0) is 13.1 Å². The van der Waals surface area contributed by atoms with Gasteiger partial charge in [0.15, 0.2) is 0 Å². The Bertz CT molecular complexity index is 594. The summed E-state index contributed by atoms with van der Waals surface area (Å²) < 4.78 is 0. The molecule has 0 fully saturated rings. The first-order chi connectivity index (χ1) is 9.78. The minimum atomic E-state index is 0.101. The molecule has 1 aliphatic rings. The summed E-state index contributed by atoms with van der Waals surface area (Å²) in [6, 6.07) is 15.9. The van der Waals surface area contributed by atoms with Crippen LogP contribution in [0, 0.1) is 0 Å². The second-order valence-corrected chi connectivity index (χ2v) is 5.04. The number of carbonyl (C=O) groups is 1. The van der Waals surface area contributed by atoms with Crippen LogP contribution in [0.4, 0.5) is 5.69 Å². The number of fused-ring (bicyclic) bond motifs is 1. The van der Waals surface area contributed by atoms with Crippen LogP contribution in [0.2, 0.25) is 0 Å². The van der Waals surface area contributed by atoms with E-state index in [-0.39, 0.29) is 5.91 Å². The molecule has 0 unspecified atom stereocenters. The quantitative estimate of drug-likeness (QED) is 0.924. The van der Waals surface area contributed by atoms with Gasteiger partial charge in [0.1, 0.15) is 0 Å².